The molecule has 1 aromatic carbocycles. The van der Waals surface area contributed by atoms with Crippen molar-refractivity contribution in [3.05, 3.63) is 29.3 Å². The summed E-state index contributed by atoms with van der Waals surface area (Å²) in [7, 11) is 0. The summed E-state index contributed by atoms with van der Waals surface area (Å²) < 4.78 is 5.36. The number of nitrogens with one attached hydrogen (secondary N) is 2. The van der Waals surface area contributed by atoms with Crippen molar-refractivity contribution >= 4 is 23.5 Å². The van der Waals surface area contributed by atoms with Crippen LogP contribution in [-0.2, 0) is 4.79 Å². The Kier molecular flexibility index (Phi) is 5.45. The molecule has 0 saturated carbocycles. The van der Waals surface area contributed by atoms with E-state index in [-0.39, 0.29) is 0 Å². The molecule has 6 heteroatoms. The van der Waals surface area contributed by atoms with Crippen molar-refractivity contribution in [3.8, 4) is 5.75 Å². The molecular weight excluding hydrogens is 256 g/mol. The summed E-state index contributed by atoms with van der Waals surface area (Å²) in [5.74, 6) is -0.0398. The summed E-state index contributed by atoms with van der Waals surface area (Å²) >= 11 is 5.79. The monoisotopic (exact) mass is 270 g/mol. The molecule has 0 heterocycles. The first-order valence-corrected chi connectivity index (χ1v) is 5.91. The highest BCUT2D eigenvalue weighted by molar-refractivity contribution is 6.30. The molecule has 0 bridgehead atoms. The van der Waals surface area contributed by atoms with Gasteiger partial charge in [-0.3, -0.25) is 10.1 Å². The van der Waals surface area contributed by atoms with Gasteiger partial charge in [0.05, 0.1) is 0 Å². The second kappa shape index (κ2) is 6.86. The Morgan fingerprint density at radius 2 is 2.17 bits per heavy atom. The summed E-state index contributed by atoms with van der Waals surface area (Å²) in [6, 6.07) is 6.16. The molecule has 1 atom stereocenters. The van der Waals surface area contributed by atoms with Gasteiger partial charge in [-0.1, -0.05) is 17.7 Å². The molecule has 0 fully saturated rings. The number of hydrogen-bond acceptors (Lipinski definition) is 3. The van der Waals surface area contributed by atoms with Gasteiger partial charge in [-0.25, -0.2) is 4.79 Å². The van der Waals surface area contributed by atoms with Crippen molar-refractivity contribution in [1.29, 1.82) is 0 Å². The number of rotatable bonds is 4. The fraction of sp³-hybridized carbons (Fsp3) is 0.333. The molecule has 0 aliphatic rings. The van der Waals surface area contributed by atoms with E-state index in [2.05, 4.69) is 10.6 Å². The summed E-state index contributed by atoms with van der Waals surface area (Å²) in [6.07, 6.45) is -0.786. The van der Waals surface area contributed by atoms with Crippen molar-refractivity contribution in [3.63, 3.8) is 0 Å². The van der Waals surface area contributed by atoms with Gasteiger partial charge in [0.15, 0.2) is 6.10 Å². The van der Waals surface area contributed by atoms with Crippen LogP contribution >= 0.6 is 11.6 Å². The van der Waals surface area contributed by atoms with Crippen LogP contribution in [0.15, 0.2) is 24.3 Å². The lowest BCUT2D eigenvalue weighted by molar-refractivity contribution is -0.126. The van der Waals surface area contributed by atoms with E-state index in [1.807, 2.05) is 0 Å². The van der Waals surface area contributed by atoms with E-state index in [4.69, 9.17) is 16.3 Å². The number of imide groups is 1. The molecule has 0 spiro atoms. The third-order valence-electron chi connectivity index (χ3n) is 2.05. The van der Waals surface area contributed by atoms with Crippen molar-refractivity contribution in [1.82, 2.24) is 10.6 Å². The Balaban J connectivity index is 2.52. The fourth-order valence-electron chi connectivity index (χ4n) is 1.22. The van der Waals surface area contributed by atoms with E-state index in [0.29, 0.717) is 17.3 Å². The van der Waals surface area contributed by atoms with E-state index in [1.165, 1.54) is 0 Å². The summed E-state index contributed by atoms with van der Waals surface area (Å²) in [4.78, 5) is 22.7. The van der Waals surface area contributed by atoms with Gasteiger partial charge in [-0.2, -0.15) is 0 Å². The molecular formula is C12H15ClN2O3. The summed E-state index contributed by atoms with van der Waals surface area (Å²) in [5.41, 5.74) is 0. The Bertz CT molecular complexity index is 437. The number of amides is 3. The van der Waals surface area contributed by atoms with E-state index in [9.17, 15) is 9.59 Å². The standard InChI is InChI=1S/C12H15ClN2O3/c1-3-14-12(17)15-11(16)8(2)18-10-6-4-5-9(13)7-10/h4-8H,3H2,1-2H3,(H2,14,15,16,17). The van der Waals surface area contributed by atoms with Crippen LogP contribution < -0.4 is 15.4 Å². The van der Waals surface area contributed by atoms with Gasteiger partial charge in [0.2, 0.25) is 0 Å². The molecule has 0 aliphatic carbocycles. The average molecular weight is 271 g/mol. The first kappa shape index (κ1) is 14.3. The minimum atomic E-state index is -0.786. The minimum absolute atomic E-state index is 0.447. The lowest BCUT2D eigenvalue weighted by Gasteiger charge is -2.14. The smallest absolute Gasteiger partial charge is 0.321 e. The van der Waals surface area contributed by atoms with Crippen LogP contribution in [0.1, 0.15) is 13.8 Å². The molecule has 1 rings (SSSR count). The minimum Gasteiger partial charge on any atom is -0.481 e. The van der Waals surface area contributed by atoms with Crippen LogP contribution in [-0.4, -0.2) is 24.6 Å². The van der Waals surface area contributed by atoms with Gasteiger partial charge in [0, 0.05) is 11.6 Å². The van der Waals surface area contributed by atoms with Crippen LogP contribution in [0, 0.1) is 0 Å². The Labute approximate surface area is 110 Å². The van der Waals surface area contributed by atoms with Crippen molar-refractivity contribution in [2.45, 2.75) is 20.0 Å². The molecule has 3 amide bonds. The number of carbonyl (C=O) groups is 2. The zero-order chi connectivity index (χ0) is 13.5. The van der Waals surface area contributed by atoms with Crippen LogP contribution in [0.25, 0.3) is 0 Å². The third kappa shape index (κ3) is 4.63. The summed E-state index contributed by atoms with van der Waals surface area (Å²) in [6.45, 7) is 3.76. The molecule has 1 aromatic rings. The van der Waals surface area contributed by atoms with Gasteiger partial charge in [0.25, 0.3) is 5.91 Å². The maximum absolute atomic E-state index is 11.6. The fourth-order valence-corrected chi connectivity index (χ4v) is 1.40. The van der Waals surface area contributed by atoms with Crippen molar-refractivity contribution < 1.29 is 14.3 Å². The molecule has 98 valence electrons. The molecule has 5 nitrogen and oxygen atoms in total. The van der Waals surface area contributed by atoms with E-state index >= 15 is 0 Å². The topological polar surface area (TPSA) is 67.4 Å². The van der Waals surface area contributed by atoms with Gasteiger partial charge >= 0.3 is 6.03 Å². The molecule has 0 aliphatic heterocycles. The van der Waals surface area contributed by atoms with Gasteiger partial charge in [-0.05, 0) is 32.0 Å². The number of halogens is 1. The molecule has 18 heavy (non-hydrogen) atoms. The molecule has 2 N–H and O–H groups in total. The number of urea groups is 1. The highest BCUT2D eigenvalue weighted by Gasteiger charge is 2.17. The number of benzene rings is 1. The lowest BCUT2D eigenvalue weighted by atomic mass is 10.3. The predicted molar refractivity (Wildman–Crippen MR) is 68.8 cm³/mol. The SMILES string of the molecule is CCNC(=O)NC(=O)C(C)Oc1cccc(Cl)c1. The Hall–Kier alpha value is -1.75. The van der Waals surface area contributed by atoms with E-state index in [0.717, 1.165) is 0 Å². The maximum atomic E-state index is 11.6. The van der Waals surface area contributed by atoms with E-state index < -0.39 is 18.0 Å². The number of carbonyl (C=O) groups excluding carboxylic acids is 2. The third-order valence-corrected chi connectivity index (χ3v) is 2.29. The first-order chi connectivity index (χ1) is 8.52. The van der Waals surface area contributed by atoms with Crippen LogP contribution in [0.2, 0.25) is 5.02 Å². The zero-order valence-corrected chi connectivity index (χ0v) is 11.0. The largest absolute Gasteiger partial charge is 0.481 e. The quantitative estimate of drug-likeness (QED) is 0.879. The molecule has 0 radical (unpaired) electrons. The Morgan fingerprint density at radius 1 is 1.44 bits per heavy atom. The zero-order valence-electron chi connectivity index (χ0n) is 10.2. The first-order valence-electron chi connectivity index (χ1n) is 5.54. The van der Waals surface area contributed by atoms with Crippen molar-refractivity contribution in [2.24, 2.45) is 0 Å². The van der Waals surface area contributed by atoms with Crippen molar-refractivity contribution in [2.75, 3.05) is 6.54 Å². The van der Waals surface area contributed by atoms with Crippen LogP contribution in [0.5, 0.6) is 5.75 Å². The summed E-state index contributed by atoms with van der Waals surface area (Å²) in [5, 5.41) is 5.14. The average Bonchev–Trinajstić information content (AvgIpc) is 2.29. The number of ether oxygens (including phenoxy) is 1. The second-order valence-corrected chi connectivity index (χ2v) is 4.00. The lowest BCUT2D eigenvalue weighted by Crippen LogP contribution is -2.45. The molecule has 0 aromatic heterocycles. The van der Waals surface area contributed by atoms with E-state index in [1.54, 1.807) is 38.1 Å². The van der Waals surface area contributed by atoms with Gasteiger partial charge in [0.1, 0.15) is 5.75 Å². The van der Waals surface area contributed by atoms with Gasteiger partial charge in [-0.15, -0.1) is 0 Å². The molecule has 1 unspecified atom stereocenters. The van der Waals surface area contributed by atoms with Gasteiger partial charge < -0.3 is 10.1 Å². The predicted octanol–water partition coefficient (Wildman–Crippen LogP) is 1.95. The van der Waals surface area contributed by atoms with Crippen LogP contribution in [0.4, 0.5) is 4.79 Å². The van der Waals surface area contributed by atoms with Crippen LogP contribution in [0.3, 0.4) is 0 Å². The highest BCUT2D eigenvalue weighted by atomic mass is 35.5. The molecule has 0 saturated heterocycles. The normalized spacial score (nSPS) is 11.5. The highest BCUT2D eigenvalue weighted by Crippen LogP contribution is 2.18. The Morgan fingerprint density at radius 3 is 2.78 bits per heavy atom. The number of hydrogen-bond donors (Lipinski definition) is 2. The second-order valence-electron chi connectivity index (χ2n) is 3.57. The maximum Gasteiger partial charge on any atom is 0.321 e.